The van der Waals surface area contributed by atoms with Gasteiger partial charge in [-0.15, -0.1) is 0 Å². The zero-order valence-corrected chi connectivity index (χ0v) is 6.34. The number of piperidine rings is 1. The van der Waals surface area contributed by atoms with Gasteiger partial charge in [0.2, 0.25) is 6.41 Å². The Morgan fingerprint density at radius 2 is 2.40 bits per heavy atom. The normalized spacial score (nSPS) is 27.9. The maximum Gasteiger partial charge on any atom is 0.221 e. The molecule has 1 fully saturated rings. The van der Waals surface area contributed by atoms with E-state index in [1.54, 1.807) is 0 Å². The molecule has 1 rings (SSSR count). The first-order valence-electron chi connectivity index (χ1n) is 3.81. The van der Waals surface area contributed by atoms with Crippen LogP contribution in [0.5, 0.6) is 0 Å². The molecule has 1 amide bonds. The Balaban J connectivity index is 2.32. The van der Waals surface area contributed by atoms with Gasteiger partial charge in [0.25, 0.3) is 0 Å². The maximum atomic E-state index is 10.1. The molecule has 3 nitrogen and oxygen atoms in total. The Bertz CT molecular complexity index is 116. The molecular weight excluding hydrogens is 128 g/mol. The molecule has 1 saturated heterocycles. The van der Waals surface area contributed by atoms with Crippen LogP contribution in [-0.4, -0.2) is 24.0 Å². The molecule has 0 spiro atoms. The number of carbonyl (C=O) groups excluding carboxylic acids is 1. The van der Waals surface area contributed by atoms with Gasteiger partial charge < -0.3 is 0 Å². The van der Waals surface area contributed by atoms with Gasteiger partial charge in [-0.25, -0.2) is 5.01 Å². The van der Waals surface area contributed by atoms with Gasteiger partial charge in [-0.3, -0.25) is 10.2 Å². The number of hydrazine groups is 1. The van der Waals surface area contributed by atoms with Crippen LogP contribution in [-0.2, 0) is 4.79 Å². The lowest BCUT2D eigenvalue weighted by atomic mass is 10.1. The third kappa shape index (κ3) is 1.70. The summed E-state index contributed by atoms with van der Waals surface area (Å²) in [6.07, 6.45) is 4.44. The standard InChI is InChI=1S/C7H14N2O/c1-7-4-2-3-5-9(7)8-6-10/h6-7H,2-5H2,1H3,(H,8,10). The largest absolute Gasteiger partial charge is 0.291 e. The van der Waals surface area contributed by atoms with Crippen LogP contribution in [0.1, 0.15) is 26.2 Å². The minimum atomic E-state index is 0.513. The molecule has 10 heavy (non-hydrogen) atoms. The van der Waals surface area contributed by atoms with Crippen molar-refractivity contribution in [3.8, 4) is 0 Å². The van der Waals surface area contributed by atoms with Crippen molar-refractivity contribution in [2.45, 2.75) is 32.2 Å². The van der Waals surface area contributed by atoms with Crippen molar-refractivity contribution in [2.75, 3.05) is 6.54 Å². The summed E-state index contributed by atoms with van der Waals surface area (Å²) in [7, 11) is 0. The molecule has 0 aromatic rings. The van der Waals surface area contributed by atoms with E-state index < -0.39 is 0 Å². The van der Waals surface area contributed by atoms with Crippen LogP contribution in [0.3, 0.4) is 0 Å². The minimum Gasteiger partial charge on any atom is -0.291 e. The Labute approximate surface area is 61.4 Å². The van der Waals surface area contributed by atoms with Crippen LogP contribution in [0.15, 0.2) is 0 Å². The highest BCUT2D eigenvalue weighted by Gasteiger charge is 2.16. The second kappa shape index (κ2) is 3.56. The number of amides is 1. The molecule has 0 saturated carbocycles. The number of hydrogen-bond donors (Lipinski definition) is 1. The average Bonchev–Trinajstić information content (AvgIpc) is 1.94. The molecule has 1 aliphatic heterocycles. The van der Waals surface area contributed by atoms with Crippen molar-refractivity contribution in [1.29, 1.82) is 0 Å². The molecule has 1 unspecified atom stereocenters. The van der Waals surface area contributed by atoms with Gasteiger partial charge >= 0.3 is 0 Å². The van der Waals surface area contributed by atoms with E-state index in [9.17, 15) is 4.79 Å². The molecule has 0 aliphatic carbocycles. The minimum absolute atomic E-state index is 0.513. The Hall–Kier alpha value is -0.570. The van der Waals surface area contributed by atoms with E-state index in [1.165, 1.54) is 19.3 Å². The van der Waals surface area contributed by atoms with Crippen molar-refractivity contribution in [2.24, 2.45) is 0 Å². The maximum absolute atomic E-state index is 10.1. The molecule has 3 heteroatoms. The second-order valence-corrected chi connectivity index (χ2v) is 2.79. The summed E-state index contributed by atoms with van der Waals surface area (Å²) >= 11 is 0. The first-order chi connectivity index (χ1) is 4.84. The zero-order valence-electron chi connectivity index (χ0n) is 6.34. The van der Waals surface area contributed by atoms with Crippen molar-refractivity contribution in [3.05, 3.63) is 0 Å². The summed E-state index contributed by atoms with van der Waals surface area (Å²) in [5, 5.41) is 2.00. The highest BCUT2D eigenvalue weighted by atomic mass is 16.1. The molecule has 0 aromatic heterocycles. The quantitative estimate of drug-likeness (QED) is 0.570. The van der Waals surface area contributed by atoms with Crippen LogP contribution in [0.2, 0.25) is 0 Å². The smallest absolute Gasteiger partial charge is 0.221 e. The summed E-state index contributed by atoms with van der Waals surface area (Å²) in [5.74, 6) is 0. The average molecular weight is 142 g/mol. The second-order valence-electron chi connectivity index (χ2n) is 2.79. The van der Waals surface area contributed by atoms with Crippen LogP contribution in [0.25, 0.3) is 0 Å². The third-order valence-corrected chi connectivity index (χ3v) is 2.02. The number of rotatable bonds is 2. The van der Waals surface area contributed by atoms with Gasteiger partial charge in [0.1, 0.15) is 0 Å². The van der Waals surface area contributed by atoms with E-state index in [1.807, 2.05) is 5.01 Å². The topological polar surface area (TPSA) is 32.3 Å². The summed E-state index contributed by atoms with van der Waals surface area (Å²) < 4.78 is 0. The van der Waals surface area contributed by atoms with Crippen LogP contribution >= 0.6 is 0 Å². The summed E-state index contributed by atoms with van der Waals surface area (Å²) in [6, 6.07) is 0.513. The molecule has 0 radical (unpaired) electrons. The highest BCUT2D eigenvalue weighted by Crippen LogP contribution is 2.12. The molecule has 1 aliphatic rings. The molecule has 1 atom stereocenters. The van der Waals surface area contributed by atoms with Gasteiger partial charge in [0.15, 0.2) is 0 Å². The Morgan fingerprint density at radius 3 is 3.00 bits per heavy atom. The Kier molecular flexibility index (Phi) is 2.68. The first kappa shape index (κ1) is 7.54. The van der Waals surface area contributed by atoms with Crippen molar-refractivity contribution in [3.63, 3.8) is 0 Å². The van der Waals surface area contributed by atoms with Crippen LogP contribution in [0.4, 0.5) is 0 Å². The molecule has 0 bridgehead atoms. The monoisotopic (exact) mass is 142 g/mol. The van der Waals surface area contributed by atoms with E-state index in [-0.39, 0.29) is 0 Å². The lowest BCUT2D eigenvalue weighted by molar-refractivity contribution is -0.115. The molecular formula is C7H14N2O. The van der Waals surface area contributed by atoms with Gasteiger partial charge in [-0.05, 0) is 19.8 Å². The zero-order chi connectivity index (χ0) is 7.40. The molecule has 0 aromatic carbocycles. The fourth-order valence-electron chi connectivity index (χ4n) is 1.36. The van der Waals surface area contributed by atoms with Gasteiger partial charge in [0, 0.05) is 12.6 Å². The predicted octanol–water partition coefficient (Wildman–Crippen LogP) is 0.522. The molecule has 1 heterocycles. The summed E-state index contributed by atoms with van der Waals surface area (Å²) in [5.41, 5.74) is 2.69. The lowest BCUT2D eigenvalue weighted by Gasteiger charge is -2.31. The molecule has 1 N–H and O–H groups in total. The third-order valence-electron chi connectivity index (χ3n) is 2.02. The van der Waals surface area contributed by atoms with Crippen molar-refractivity contribution < 1.29 is 4.79 Å². The number of nitrogens with zero attached hydrogens (tertiary/aromatic N) is 1. The SMILES string of the molecule is CC1CCCCN1NC=O. The van der Waals surface area contributed by atoms with E-state index in [2.05, 4.69) is 12.3 Å². The fourth-order valence-corrected chi connectivity index (χ4v) is 1.36. The van der Waals surface area contributed by atoms with Crippen molar-refractivity contribution in [1.82, 2.24) is 10.4 Å². The van der Waals surface area contributed by atoms with Crippen molar-refractivity contribution >= 4 is 6.41 Å². The number of hydrogen-bond acceptors (Lipinski definition) is 2. The first-order valence-corrected chi connectivity index (χ1v) is 3.81. The van der Waals surface area contributed by atoms with E-state index in [4.69, 9.17) is 0 Å². The summed E-state index contributed by atoms with van der Waals surface area (Å²) in [6.45, 7) is 3.13. The van der Waals surface area contributed by atoms with Gasteiger partial charge in [-0.1, -0.05) is 6.42 Å². The highest BCUT2D eigenvalue weighted by molar-refractivity contribution is 5.45. The lowest BCUT2D eigenvalue weighted by Crippen LogP contribution is -2.46. The number of carbonyl (C=O) groups is 1. The van der Waals surface area contributed by atoms with E-state index >= 15 is 0 Å². The van der Waals surface area contributed by atoms with Gasteiger partial charge in [0.05, 0.1) is 0 Å². The van der Waals surface area contributed by atoms with Crippen LogP contribution in [0, 0.1) is 0 Å². The fraction of sp³-hybridized carbons (Fsp3) is 0.857. The molecule has 58 valence electrons. The van der Waals surface area contributed by atoms with Gasteiger partial charge in [-0.2, -0.15) is 0 Å². The summed E-state index contributed by atoms with van der Waals surface area (Å²) in [4.78, 5) is 10.1. The van der Waals surface area contributed by atoms with E-state index in [0.717, 1.165) is 13.0 Å². The number of nitrogens with one attached hydrogen (secondary N) is 1. The van der Waals surface area contributed by atoms with E-state index in [0.29, 0.717) is 6.04 Å². The Morgan fingerprint density at radius 1 is 1.60 bits per heavy atom. The van der Waals surface area contributed by atoms with Crippen LogP contribution < -0.4 is 5.43 Å². The predicted molar refractivity (Wildman–Crippen MR) is 39.2 cm³/mol.